The minimum Gasteiger partial charge on any atom is -0.497 e. The Morgan fingerprint density at radius 3 is 2.58 bits per heavy atom. The average molecular weight is 261 g/mol. The number of rotatable bonds is 2. The van der Waals surface area contributed by atoms with Crippen molar-refractivity contribution in [1.29, 1.82) is 0 Å². The maximum Gasteiger partial charge on any atom is 0.149 e. The van der Waals surface area contributed by atoms with Crippen LogP contribution < -0.4 is 10.1 Å². The Morgan fingerprint density at radius 2 is 1.89 bits per heavy atom. The van der Waals surface area contributed by atoms with E-state index < -0.39 is 11.6 Å². The number of ether oxygens (including phenoxy) is 1. The van der Waals surface area contributed by atoms with E-state index in [0.29, 0.717) is 17.7 Å². The highest BCUT2D eigenvalue weighted by molar-refractivity contribution is 5.59. The molecule has 0 aromatic heterocycles. The van der Waals surface area contributed by atoms with Gasteiger partial charge in [0.1, 0.15) is 17.4 Å². The number of fused-ring (bicyclic) bond motifs is 1. The lowest BCUT2D eigenvalue weighted by atomic mass is 10.0. The Kier molecular flexibility index (Phi) is 2.85. The van der Waals surface area contributed by atoms with Crippen LogP contribution in [0.2, 0.25) is 0 Å². The van der Waals surface area contributed by atoms with Gasteiger partial charge in [0, 0.05) is 6.07 Å². The lowest BCUT2D eigenvalue weighted by Gasteiger charge is -2.12. The first-order valence-electron chi connectivity index (χ1n) is 6.06. The monoisotopic (exact) mass is 261 g/mol. The van der Waals surface area contributed by atoms with Crippen molar-refractivity contribution >= 4 is 5.69 Å². The molecule has 1 aliphatic rings. The van der Waals surface area contributed by atoms with E-state index in [0.717, 1.165) is 17.4 Å². The van der Waals surface area contributed by atoms with Crippen LogP contribution in [0.5, 0.6) is 5.75 Å². The van der Waals surface area contributed by atoms with E-state index in [1.54, 1.807) is 7.11 Å². The van der Waals surface area contributed by atoms with Crippen LogP contribution in [0.4, 0.5) is 14.5 Å². The third kappa shape index (κ3) is 2.14. The highest BCUT2D eigenvalue weighted by atomic mass is 19.1. The molecular weight excluding hydrogens is 248 g/mol. The fourth-order valence-electron chi connectivity index (χ4n) is 2.43. The Labute approximate surface area is 110 Å². The molecule has 0 spiro atoms. The number of methoxy groups -OCH3 is 1. The molecule has 1 heterocycles. The second-order valence-corrected chi connectivity index (χ2v) is 4.60. The molecule has 4 heteroatoms. The summed E-state index contributed by atoms with van der Waals surface area (Å²) >= 11 is 0. The van der Waals surface area contributed by atoms with Gasteiger partial charge in [-0.3, -0.25) is 0 Å². The van der Waals surface area contributed by atoms with Gasteiger partial charge in [0.25, 0.3) is 0 Å². The van der Waals surface area contributed by atoms with Gasteiger partial charge >= 0.3 is 0 Å². The highest BCUT2D eigenvalue weighted by Crippen LogP contribution is 2.36. The van der Waals surface area contributed by atoms with Crippen LogP contribution in [0.25, 0.3) is 0 Å². The average Bonchev–Trinajstić information content (AvgIpc) is 2.83. The van der Waals surface area contributed by atoms with Crippen LogP contribution in [-0.4, -0.2) is 7.11 Å². The predicted octanol–water partition coefficient (Wildman–Crippen LogP) is 3.68. The van der Waals surface area contributed by atoms with E-state index in [9.17, 15) is 8.78 Å². The van der Waals surface area contributed by atoms with E-state index in [2.05, 4.69) is 5.32 Å². The summed E-state index contributed by atoms with van der Waals surface area (Å²) in [7, 11) is 1.61. The van der Waals surface area contributed by atoms with Gasteiger partial charge in [-0.15, -0.1) is 0 Å². The molecule has 0 radical (unpaired) electrons. The summed E-state index contributed by atoms with van der Waals surface area (Å²) in [5.74, 6) is -0.295. The molecule has 1 N–H and O–H groups in total. The molecule has 3 rings (SSSR count). The maximum atomic E-state index is 13.6. The SMILES string of the molecule is COc1ccc(C2Cc3cc(F)cc(F)c3N2)cc1. The summed E-state index contributed by atoms with van der Waals surface area (Å²) in [6.45, 7) is 0. The first-order chi connectivity index (χ1) is 9.17. The summed E-state index contributed by atoms with van der Waals surface area (Å²) in [6.07, 6.45) is 0.580. The summed E-state index contributed by atoms with van der Waals surface area (Å²) in [4.78, 5) is 0. The molecule has 2 nitrogen and oxygen atoms in total. The summed E-state index contributed by atoms with van der Waals surface area (Å²) in [6, 6.07) is 9.83. The maximum absolute atomic E-state index is 13.6. The van der Waals surface area contributed by atoms with Crippen molar-refractivity contribution in [3.05, 3.63) is 59.2 Å². The van der Waals surface area contributed by atoms with Gasteiger partial charge in [-0.25, -0.2) is 8.78 Å². The standard InChI is InChI=1S/C15H13F2NO/c1-19-12-4-2-9(3-5-12)14-7-10-6-11(16)8-13(17)15(10)18-14/h2-6,8,14,18H,7H2,1H3. The van der Waals surface area contributed by atoms with Crippen molar-refractivity contribution in [2.75, 3.05) is 12.4 Å². The Bertz CT molecular complexity index is 610. The normalized spacial score (nSPS) is 16.9. The zero-order valence-corrected chi connectivity index (χ0v) is 10.4. The van der Waals surface area contributed by atoms with Crippen LogP contribution in [-0.2, 0) is 6.42 Å². The first-order valence-corrected chi connectivity index (χ1v) is 6.06. The van der Waals surface area contributed by atoms with Crippen molar-refractivity contribution < 1.29 is 13.5 Å². The number of benzene rings is 2. The summed E-state index contributed by atoms with van der Waals surface area (Å²) in [5.41, 5.74) is 2.11. The number of nitrogens with one attached hydrogen (secondary N) is 1. The van der Waals surface area contributed by atoms with Crippen molar-refractivity contribution in [2.45, 2.75) is 12.5 Å². The van der Waals surface area contributed by atoms with Crippen LogP contribution in [0, 0.1) is 11.6 Å². The van der Waals surface area contributed by atoms with E-state index in [-0.39, 0.29) is 6.04 Å². The zero-order chi connectivity index (χ0) is 13.4. The van der Waals surface area contributed by atoms with Gasteiger partial charge in [0.05, 0.1) is 18.8 Å². The van der Waals surface area contributed by atoms with E-state index in [4.69, 9.17) is 4.74 Å². The fourth-order valence-corrected chi connectivity index (χ4v) is 2.43. The molecule has 0 saturated carbocycles. The van der Waals surface area contributed by atoms with Gasteiger partial charge in [-0.2, -0.15) is 0 Å². The molecule has 0 fully saturated rings. The minimum atomic E-state index is -0.536. The van der Waals surface area contributed by atoms with Gasteiger partial charge in [0.2, 0.25) is 0 Å². The number of anilines is 1. The van der Waals surface area contributed by atoms with Gasteiger partial charge in [-0.05, 0) is 35.7 Å². The molecule has 19 heavy (non-hydrogen) atoms. The lowest BCUT2D eigenvalue weighted by molar-refractivity contribution is 0.414. The molecule has 1 atom stereocenters. The van der Waals surface area contributed by atoms with Gasteiger partial charge < -0.3 is 10.1 Å². The van der Waals surface area contributed by atoms with Gasteiger partial charge in [0.15, 0.2) is 0 Å². The number of halogens is 2. The topological polar surface area (TPSA) is 21.3 Å². The Balaban J connectivity index is 1.88. The van der Waals surface area contributed by atoms with Crippen molar-refractivity contribution in [2.24, 2.45) is 0 Å². The minimum absolute atomic E-state index is 0.0304. The molecule has 0 saturated heterocycles. The van der Waals surface area contributed by atoms with Crippen molar-refractivity contribution in [3.63, 3.8) is 0 Å². The molecule has 1 aliphatic heterocycles. The molecule has 98 valence electrons. The molecule has 0 bridgehead atoms. The largest absolute Gasteiger partial charge is 0.497 e. The number of hydrogen-bond donors (Lipinski definition) is 1. The molecule has 1 unspecified atom stereocenters. The first kappa shape index (κ1) is 12.0. The Morgan fingerprint density at radius 1 is 1.16 bits per heavy atom. The fraction of sp³-hybridized carbons (Fsp3) is 0.200. The third-order valence-electron chi connectivity index (χ3n) is 3.40. The van der Waals surface area contributed by atoms with Crippen LogP contribution in [0.15, 0.2) is 36.4 Å². The summed E-state index contributed by atoms with van der Waals surface area (Å²) in [5, 5.41) is 3.10. The highest BCUT2D eigenvalue weighted by Gasteiger charge is 2.25. The quantitative estimate of drug-likeness (QED) is 0.890. The second kappa shape index (κ2) is 4.53. The molecule has 0 aliphatic carbocycles. The van der Waals surface area contributed by atoms with Crippen LogP contribution >= 0.6 is 0 Å². The van der Waals surface area contributed by atoms with E-state index in [1.165, 1.54) is 6.07 Å². The molecule has 2 aromatic carbocycles. The summed E-state index contributed by atoms with van der Waals surface area (Å²) < 4.78 is 31.9. The zero-order valence-electron chi connectivity index (χ0n) is 10.4. The predicted molar refractivity (Wildman–Crippen MR) is 69.4 cm³/mol. The van der Waals surface area contributed by atoms with E-state index >= 15 is 0 Å². The van der Waals surface area contributed by atoms with Crippen molar-refractivity contribution in [3.8, 4) is 5.75 Å². The molecule has 0 amide bonds. The molecular formula is C15H13F2NO. The number of hydrogen-bond acceptors (Lipinski definition) is 2. The smallest absolute Gasteiger partial charge is 0.149 e. The van der Waals surface area contributed by atoms with Crippen LogP contribution in [0.1, 0.15) is 17.2 Å². The van der Waals surface area contributed by atoms with Crippen molar-refractivity contribution in [1.82, 2.24) is 0 Å². The lowest BCUT2D eigenvalue weighted by Crippen LogP contribution is -2.05. The van der Waals surface area contributed by atoms with Gasteiger partial charge in [-0.1, -0.05) is 12.1 Å². The second-order valence-electron chi connectivity index (χ2n) is 4.60. The Hall–Kier alpha value is -2.10. The van der Waals surface area contributed by atoms with Crippen LogP contribution in [0.3, 0.4) is 0 Å². The van der Waals surface area contributed by atoms with E-state index in [1.807, 2.05) is 24.3 Å². The third-order valence-corrected chi connectivity index (χ3v) is 3.40. The molecule has 2 aromatic rings.